The monoisotopic (exact) mass is 502 g/mol. The molecule has 4 N–H and O–H groups in total. The fourth-order valence-electron chi connectivity index (χ4n) is 2.74. The summed E-state index contributed by atoms with van der Waals surface area (Å²) < 4.78 is 14.9. The third-order valence-corrected chi connectivity index (χ3v) is 4.66. The zero-order chi connectivity index (χ0) is 26.9. The van der Waals surface area contributed by atoms with Gasteiger partial charge in [-0.2, -0.15) is 0 Å². The van der Waals surface area contributed by atoms with Crippen molar-refractivity contribution in [3.63, 3.8) is 0 Å². The van der Waals surface area contributed by atoms with E-state index in [1.165, 1.54) is 56.7 Å². The zero-order valence-corrected chi connectivity index (χ0v) is 21.8. The fourth-order valence-corrected chi connectivity index (χ4v) is 2.74. The number of aliphatic hydroxyl groups excluding tert-OH is 2. The smallest absolute Gasteiger partial charge is 0.337 e. The van der Waals surface area contributed by atoms with Crippen molar-refractivity contribution in [1.82, 2.24) is 0 Å². The van der Waals surface area contributed by atoms with Crippen LogP contribution in [0, 0.1) is 0 Å². The maximum Gasteiger partial charge on any atom is 0.337 e. The van der Waals surface area contributed by atoms with Crippen molar-refractivity contribution in [3.8, 4) is 11.5 Å². The second kappa shape index (κ2) is 24.9. The standard InChI is InChI=1S/C13H26O4.C7H6O3.C6H14O2/c1-2-3-4-5-6-7-8-9-10-17-13(16)12(15)11-14;8-4-5-2-1-3-6(9)7(5)10;1-4-7-6(3)8-5-2/h12,14-15H,2-11H2,1H3;1-4,9-10H;6H,4-5H2,1-3H3. The first-order valence-electron chi connectivity index (χ1n) is 12.4. The minimum atomic E-state index is -1.39. The van der Waals surface area contributed by atoms with Crippen molar-refractivity contribution in [2.45, 2.75) is 91.5 Å². The highest BCUT2D eigenvalue weighted by Crippen LogP contribution is 2.26. The number of phenols is 2. The Balaban J connectivity index is 0. The van der Waals surface area contributed by atoms with Crippen molar-refractivity contribution < 1.29 is 44.2 Å². The number of phenolic OH excluding ortho intramolecular Hbond substituents is 2. The van der Waals surface area contributed by atoms with E-state index in [9.17, 15) is 9.59 Å². The molecule has 9 heteroatoms. The third kappa shape index (κ3) is 20.9. The summed E-state index contributed by atoms with van der Waals surface area (Å²) in [7, 11) is 0. The van der Waals surface area contributed by atoms with Crippen molar-refractivity contribution in [2.75, 3.05) is 26.4 Å². The van der Waals surface area contributed by atoms with E-state index in [4.69, 9.17) is 34.6 Å². The van der Waals surface area contributed by atoms with Gasteiger partial charge in [0, 0.05) is 13.2 Å². The van der Waals surface area contributed by atoms with Crippen LogP contribution in [0.3, 0.4) is 0 Å². The topological polar surface area (TPSA) is 143 Å². The number of hydrogen-bond acceptors (Lipinski definition) is 9. The molecule has 0 saturated carbocycles. The highest BCUT2D eigenvalue weighted by molar-refractivity contribution is 5.80. The van der Waals surface area contributed by atoms with Gasteiger partial charge in [-0.1, -0.05) is 57.9 Å². The molecule has 1 rings (SSSR count). The van der Waals surface area contributed by atoms with Crippen molar-refractivity contribution in [3.05, 3.63) is 23.8 Å². The molecule has 0 aliphatic carbocycles. The first kappa shape index (κ1) is 35.0. The van der Waals surface area contributed by atoms with Crippen LogP contribution in [0.25, 0.3) is 0 Å². The van der Waals surface area contributed by atoms with Crippen LogP contribution >= 0.6 is 0 Å². The number of benzene rings is 1. The van der Waals surface area contributed by atoms with Crippen LogP contribution in [0.2, 0.25) is 0 Å². The molecule has 0 spiro atoms. The van der Waals surface area contributed by atoms with E-state index in [1.807, 2.05) is 20.8 Å². The first-order chi connectivity index (χ1) is 16.8. The maximum absolute atomic E-state index is 10.9. The molecule has 0 fully saturated rings. The Labute approximate surface area is 210 Å². The lowest BCUT2D eigenvalue weighted by atomic mass is 10.1. The molecule has 1 unspecified atom stereocenters. The molecule has 0 aromatic heterocycles. The molecule has 0 saturated heterocycles. The van der Waals surface area contributed by atoms with E-state index >= 15 is 0 Å². The number of hydrogen-bond donors (Lipinski definition) is 4. The molecular weight excluding hydrogens is 456 g/mol. The molecule has 0 aliphatic heterocycles. The Morgan fingerprint density at radius 1 is 0.943 bits per heavy atom. The molecule has 1 aromatic rings. The summed E-state index contributed by atoms with van der Waals surface area (Å²) in [6.45, 7) is 9.22. The second-order valence-corrected chi connectivity index (χ2v) is 7.65. The molecule has 1 atom stereocenters. The van der Waals surface area contributed by atoms with Crippen LogP contribution in [0.5, 0.6) is 11.5 Å². The summed E-state index contributed by atoms with van der Waals surface area (Å²) in [5.41, 5.74) is 0.0972. The lowest BCUT2D eigenvalue weighted by Crippen LogP contribution is -2.26. The second-order valence-electron chi connectivity index (χ2n) is 7.65. The summed E-state index contributed by atoms with van der Waals surface area (Å²) in [6, 6.07) is 4.21. The maximum atomic E-state index is 10.9. The number of aliphatic hydroxyl groups is 2. The molecule has 0 heterocycles. The van der Waals surface area contributed by atoms with E-state index in [-0.39, 0.29) is 23.4 Å². The van der Waals surface area contributed by atoms with Gasteiger partial charge in [0.25, 0.3) is 0 Å². The number of unbranched alkanes of at least 4 members (excludes halogenated alkanes) is 7. The largest absolute Gasteiger partial charge is 0.504 e. The van der Waals surface area contributed by atoms with Gasteiger partial charge in [-0.15, -0.1) is 0 Å². The quantitative estimate of drug-likeness (QED) is 0.0853. The predicted octanol–water partition coefficient (Wildman–Crippen LogP) is 4.34. The molecule has 9 nitrogen and oxygen atoms in total. The average molecular weight is 503 g/mol. The van der Waals surface area contributed by atoms with Gasteiger partial charge >= 0.3 is 5.97 Å². The molecule has 0 amide bonds. The first-order valence-corrected chi connectivity index (χ1v) is 12.4. The molecule has 0 radical (unpaired) electrons. The van der Waals surface area contributed by atoms with Crippen LogP contribution < -0.4 is 0 Å². The lowest BCUT2D eigenvalue weighted by Gasteiger charge is -2.09. The summed E-state index contributed by atoms with van der Waals surface area (Å²) in [6.07, 6.45) is 8.54. The molecule has 204 valence electrons. The zero-order valence-electron chi connectivity index (χ0n) is 21.8. The van der Waals surface area contributed by atoms with Crippen LogP contribution in [-0.2, 0) is 19.0 Å². The van der Waals surface area contributed by atoms with E-state index in [0.29, 0.717) is 12.9 Å². The summed E-state index contributed by atoms with van der Waals surface area (Å²) in [5, 5.41) is 35.2. The normalized spacial score (nSPS) is 11.1. The molecule has 1 aromatic carbocycles. The summed E-state index contributed by atoms with van der Waals surface area (Å²) in [5.74, 6) is -1.36. The van der Waals surface area contributed by atoms with Crippen molar-refractivity contribution in [2.24, 2.45) is 0 Å². The number of esters is 1. The highest BCUT2D eigenvalue weighted by atomic mass is 16.7. The predicted molar refractivity (Wildman–Crippen MR) is 135 cm³/mol. The number of para-hydroxylation sites is 1. The highest BCUT2D eigenvalue weighted by Gasteiger charge is 2.14. The summed E-state index contributed by atoms with van der Waals surface area (Å²) in [4.78, 5) is 21.1. The van der Waals surface area contributed by atoms with Crippen molar-refractivity contribution in [1.29, 1.82) is 0 Å². The van der Waals surface area contributed by atoms with E-state index < -0.39 is 18.7 Å². The van der Waals surface area contributed by atoms with Crippen LogP contribution in [0.1, 0.15) is 89.4 Å². The minimum absolute atomic E-state index is 0.0370. The van der Waals surface area contributed by atoms with Crippen LogP contribution in [-0.4, -0.2) is 71.5 Å². The Bertz CT molecular complexity index is 631. The number of ether oxygens (including phenoxy) is 3. The van der Waals surface area contributed by atoms with E-state index in [2.05, 4.69) is 6.92 Å². The van der Waals surface area contributed by atoms with E-state index in [1.54, 1.807) is 0 Å². The number of carbonyl (C=O) groups excluding carboxylic acids is 2. The molecule has 0 aliphatic rings. The number of rotatable bonds is 16. The van der Waals surface area contributed by atoms with Gasteiger partial charge in [-0.05, 0) is 39.3 Å². The van der Waals surface area contributed by atoms with Gasteiger partial charge in [0.1, 0.15) is 0 Å². The minimum Gasteiger partial charge on any atom is -0.504 e. The molecular formula is C26H46O9. The average Bonchev–Trinajstić information content (AvgIpc) is 2.85. The van der Waals surface area contributed by atoms with E-state index in [0.717, 1.165) is 26.1 Å². The Kier molecular flexibility index (Phi) is 24.9. The number of aldehydes is 1. The number of aromatic hydroxyl groups is 2. The SMILES string of the molecule is CCCCCCCCCCOC(=O)C(O)CO.CCOC(C)OCC.O=Cc1cccc(O)c1O. The third-order valence-electron chi connectivity index (χ3n) is 4.66. The van der Waals surface area contributed by atoms with Gasteiger partial charge in [0.15, 0.2) is 30.2 Å². The Morgan fingerprint density at radius 3 is 1.94 bits per heavy atom. The van der Waals surface area contributed by atoms with Gasteiger partial charge in [-0.25, -0.2) is 4.79 Å². The van der Waals surface area contributed by atoms with Crippen LogP contribution in [0.15, 0.2) is 18.2 Å². The van der Waals surface area contributed by atoms with Crippen molar-refractivity contribution >= 4 is 12.3 Å². The molecule has 35 heavy (non-hydrogen) atoms. The fraction of sp³-hybridized carbons (Fsp3) is 0.692. The Hall–Kier alpha value is -2.20. The van der Waals surface area contributed by atoms with Gasteiger partial charge in [0.05, 0.1) is 18.8 Å². The number of carbonyl (C=O) groups is 2. The van der Waals surface area contributed by atoms with Gasteiger partial charge in [-0.3, -0.25) is 4.79 Å². The van der Waals surface area contributed by atoms with Gasteiger partial charge < -0.3 is 34.6 Å². The van der Waals surface area contributed by atoms with Gasteiger partial charge in [0.2, 0.25) is 0 Å². The van der Waals surface area contributed by atoms with Crippen LogP contribution in [0.4, 0.5) is 0 Å². The Morgan fingerprint density at radius 2 is 1.49 bits per heavy atom. The summed E-state index contributed by atoms with van der Waals surface area (Å²) >= 11 is 0. The lowest BCUT2D eigenvalue weighted by molar-refractivity contribution is -0.155. The molecule has 0 bridgehead atoms.